The Bertz CT molecular complexity index is 1860. The highest BCUT2D eigenvalue weighted by Crippen LogP contribution is 2.52. The van der Waals surface area contributed by atoms with Crippen LogP contribution in [-0.2, 0) is 29.4 Å². The summed E-state index contributed by atoms with van der Waals surface area (Å²) in [6, 6.07) is 5.06. The summed E-state index contributed by atoms with van der Waals surface area (Å²) in [4.78, 5) is 21.3. The van der Waals surface area contributed by atoms with Gasteiger partial charge in [-0.15, -0.1) is 16.4 Å². The zero-order chi connectivity index (χ0) is 31.4. The fourth-order valence-corrected chi connectivity index (χ4v) is 8.58. The molecule has 1 fully saturated rings. The molecule has 0 N–H and O–H groups in total. The maximum atomic E-state index is 14.3. The number of carbonyl (C=O) groups is 1. The quantitative estimate of drug-likeness (QED) is 0.152. The Labute approximate surface area is 253 Å². The van der Waals surface area contributed by atoms with Gasteiger partial charge in [-0.1, -0.05) is 5.57 Å². The topological polar surface area (TPSA) is 98.8 Å². The maximum Gasteiger partial charge on any atom is 0.427 e. The van der Waals surface area contributed by atoms with E-state index in [1.807, 2.05) is 0 Å². The number of rotatable bonds is 8. The molecule has 44 heavy (non-hydrogen) atoms. The van der Waals surface area contributed by atoms with Crippen molar-refractivity contribution in [2.75, 3.05) is 13.2 Å². The number of benzene rings is 1. The van der Waals surface area contributed by atoms with Gasteiger partial charge in [-0.2, -0.15) is 18.3 Å². The molecule has 3 heterocycles. The fraction of sp³-hybridized carbons (Fsp3) is 0.357. The van der Waals surface area contributed by atoms with Crippen LogP contribution in [0.1, 0.15) is 45.2 Å². The highest BCUT2D eigenvalue weighted by molar-refractivity contribution is 7.98. The molecule has 2 aliphatic rings. The standard InChI is InChI=1S/C28H26F5N7O2S2/c1-38-16-35-26(37-38)44(2,42)39(10-9-29)21-6-3-18-11-22-17(14-36-40(22)20-7-4-19(30)5-8-20)12-27(18,13-21)24(41)25-34-15-23(43-25)28(31,32)33/h4-5,7-8,11,14-16,21H,2-3,6,9-10,12-13H2,1H3/t21-,27-,44?/m0/s1. The lowest BCUT2D eigenvalue weighted by molar-refractivity contribution is -0.134. The molecule has 0 bridgehead atoms. The molecule has 4 aromatic rings. The lowest BCUT2D eigenvalue weighted by Gasteiger charge is -2.46. The second-order valence-corrected chi connectivity index (χ2v) is 13.9. The van der Waals surface area contributed by atoms with Gasteiger partial charge < -0.3 is 0 Å². The number of carbonyl (C=O) groups excluding carboxylic acids is 1. The second kappa shape index (κ2) is 11.0. The summed E-state index contributed by atoms with van der Waals surface area (Å²) < 4.78 is 86.4. The normalized spacial score (nSPS) is 21.4. The molecule has 9 nitrogen and oxygen atoms in total. The van der Waals surface area contributed by atoms with E-state index in [0.29, 0.717) is 35.1 Å². The van der Waals surface area contributed by atoms with Crippen LogP contribution in [0, 0.1) is 11.2 Å². The number of hydrogen-bond donors (Lipinski definition) is 0. The van der Waals surface area contributed by atoms with E-state index in [0.717, 1.165) is 0 Å². The van der Waals surface area contributed by atoms with Gasteiger partial charge in [0.2, 0.25) is 10.9 Å². The first-order valence-electron chi connectivity index (χ1n) is 13.5. The van der Waals surface area contributed by atoms with Crippen LogP contribution >= 0.6 is 11.3 Å². The molecule has 0 spiro atoms. The van der Waals surface area contributed by atoms with E-state index in [-0.39, 0.29) is 47.3 Å². The lowest BCUT2D eigenvalue weighted by atomic mass is 9.61. The molecule has 0 amide bonds. The molecule has 0 radical (unpaired) electrons. The second-order valence-electron chi connectivity index (χ2n) is 10.8. The van der Waals surface area contributed by atoms with Crippen molar-refractivity contribution in [3.63, 3.8) is 0 Å². The fourth-order valence-electron chi connectivity index (χ4n) is 6.06. The number of ketones is 1. The van der Waals surface area contributed by atoms with Crippen LogP contribution in [0.4, 0.5) is 22.0 Å². The summed E-state index contributed by atoms with van der Waals surface area (Å²) in [5.74, 6) is 2.83. The first-order valence-corrected chi connectivity index (χ1v) is 16.0. The van der Waals surface area contributed by atoms with Gasteiger partial charge >= 0.3 is 6.18 Å². The number of nitrogens with zero attached hydrogens (tertiary/aromatic N) is 7. The van der Waals surface area contributed by atoms with Crippen molar-refractivity contribution < 1.29 is 31.0 Å². The van der Waals surface area contributed by atoms with Gasteiger partial charge in [0, 0.05) is 19.6 Å². The molecule has 1 saturated carbocycles. The Morgan fingerprint density at radius 1 is 1.23 bits per heavy atom. The van der Waals surface area contributed by atoms with Crippen molar-refractivity contribution in [1.29, 1.82) is 0 Å². The number of fused-ring (bicyclic) bond motifs is 2. The van der Waals surface area contributed by atoms with Crippen LogP contribution in [0.2, 0.25) is 0 Å². The summed E-state index contributed by atoms with van der Waals surface area (Å²) in [5, 5.41) is 8.20. The average molecular weight is 652 g/mol. The maximum absolute atomic E-state index is 14.3. The van der Waals surface area contributed by atoms with Gasteiger partial charge in [-0.05, 0) is 67.5 Å². The third-order valence-electron chi connectivity index (χ3n) is 8.08. The smallest absolute Gasteiger partial charge is 0.290 e. The summed E-state index contributed by atoms with van der Waals surface area (Å²) >= 11 is 0.267. The first kappa shape index (κ1) is 30.3. The summed E-state index contributed by atoms with van der Waals surface area (Å²) in [7, 11) is -1.81. The minimum atomic E-state index is -4.68. The Morgan fingerprint density at radius 3 is 2.61 bits per heavy atom. The van der Waals surface area contributed by atoms with Gasteiger partial charge in [-0.25, -0.2) is 31.9 Å². The summed E-state index contributed by atoms with van der Waals surface area (Å²) in [6.45, 7) is -1.15. The van der Waals surface area contributed by atoms with Crippen LogP contribution in [0.25, 0.3) is 11.8 Å². The average Bonchev–Trinajstić information content (AvgIpc) is 3.74. The molecule has 232 valence electrons. The monoisotopic (exact) mass is 651 g/mol. The predicted octanol–water partition coefficient (Wildman–Crippen LogP) is 4.94. The van der Waals surface area contributed by atoms with Crippen molar-refractivity contribution in [3.8, 4) is 5.69 Å². The van der Waals surface area contributed by atoms with Crippen molar-refractivity contribution in [3.05, 3.63) is 75.5 Å². The van der Waals surface area contributed by atoms with Crippen LogP contribution in [-0.4, -0.2) is 69.0 Å². The minimum absolute atomic E-state index is 0.0130. The van der Waals surface area contributed by atoms with Gasteiger partial charge in [0.25, 0.3) is 0 Å². The molecular formula is C28H26F5N7O2S2. The number of thiazole rings is 1. The number of allylic oxidation sites excluding steroid dienone is 1. The van der Waals surface area contributed by atoms with E-state index in [9.17, 15) is 31.0 Å². The van der Waals surface area contributed by atoms with Crippen LogP contribution in [0.15, 0.2) is 53.7 Å². The number of Topliss-reactive ketones (excluding diaryl/α,β-unsaturated/α-hetero) is 1. The number of aromatic nitrogens is 6. The van der Waals surface area contributed by atoms with E-state index in [2.05, 4.69) is 26.0 Å². The molecule has 0 saturated heterocycles. The van der Waals surface area contributed by atoms with E-state index in [1.165, 1.54) is 27.4 Å². The number of aryl methyl sites for hydroxylation is 1. The van der Waals surface area contributed by atoms with Gasteiger partial charge in [-0.3, -0.25) is 9.48 Å². The minimum Gasteiger partial charge on any atom is -0.290 e. The Morgan fingerprint density at radius 2 is 1.98 bits per heavy atom. The third-order valence-corrected chi connectivity index (χ3v) is 11.1. The SMILES string of the molecule is C=S(=O)(c1ncn(C)n1)N(CCF)[C@H]1CCC2=Cc3c(cnn3-c3ccc(F)cc3)C[C@]2(C(=O)c2ncc(C(F)(F)F)s2)C1. The molecule has 3 aromatic heterocycles. The van der Waals surface area contributed by atoms with Crippen LogP contribution < -0.4 is 0 Å². The zero-order valence-corrected chi connectivity index (χ0v) is 24.9. The number of halogens is 5. The third kappa shape index (κ3) is 5.17. The molecular weight excluding hydrogens is 625 g/mol. The summed E-state index contributed by atoms with van der Waals surface area (Å²) in [5.41, 5.74) is 1.14. The first-order chi connectivity index (χ1) is 20.8. The van der Waals surface area contributed by atoms with Crippen LogP contribution in [0.5, 0.6) is 0 Å². The zero-order valence-electron chi connectivity index (χ0n) is 23.3. The Balaban J connectivity index is 1.44. The molecule has 1 unspecified atom stereocenters. The van der Waals surface area contributed by atoms with E-state index >= 15 is 0 Å². The number of hydrogen-bond acceptors (Lipinski definition) is 7. The van der Waals surface area contributed by atoms with E-state index < -0.39 is 50.5 Å². The summed E-state index contributed by atoms with van der Waals surface area (Å²) in [6.07, 6.45) is 1.39. The largest absolute Gasteiger partial charge is 0.427 e. The highest BCUT2D eigenvalue weighted by atomic mass is 32.2. The van der Waals surface area contributed by atoms with Crippen molar-refractivity contribution >= 4 is 38.8 Å². The van der Waals surface area contributed by atoms with E-state index in [1.54, 1.807) is 36.1 Å². The molecule has 6 rings (SSSR count). The number of alkyl halides is 4. The van der Waals surface area contributed by atoms with Gasteiger partial charge in [0.05, 0.1) is 38.9 Å². The van der Waals surface area contributed by atoms with E-state index in [4.69, 9.17) is 0 Å². The molecule has 3 atom stereocenters. The molecule has 1 aromatic carbocycles. The van der Waals surface area contributed by atoms with Crippen LogP contribution in [0.3, 0.4) is 0 Å². The van der Waals surface area contributed by atoms with Crippen molar-refractivity contribution in [2.24, 2.45) is 12.5 Å². The Kier molecular flexibility index (Phi) is 7.57. The highest BCUT2D eigenvalue weighted by Gasteiger charge is 2.52. The molecule has 0 aliphatic heterocycles. The van der Waals surface area contributed by atoms with Crippen molar-refractivity contribution in [1.82, 2.24) is 33.8 Å². The molecule has 2 aliphatic carbocycles. The molecule has 16 heteroatoms. The van der Waals surface area contributed by atoms with Gasteiger partial charge in [0.15, 0.2) is 5.01 Å². The lowest BCUT2D eigenvalue weighted by Crippen LogP contribution is -2.51. The predicted molar refractivity (Wildman–Crippen MR) is 154 cm³/mol. The van der Waals surface area contributed by atoms with Crippen molar-refractivity contribution in [2.45, 2.75) is 43.1 Å². The Hall–Kier alpha value is -3.76. The van der Waals surface area contributed by atoms with Gasteiger partial charge in [0.1, 0.15) is 23.7 Å².